The molecule has 1 aliphatic rings. The van der Waals surface area contributed by atoms with E-state index in [0.29, 0.717) is 28.7 Å². The molecule has 210 valence electrons. The summed E-state index contributed by atoms with van der Waals surface area (Å²) in [7, 11) is 3.37. The van der Waals surface area contributed by atoms with Gasteiger partial charge < -0.3 is 14.6 Å². The quantitative estimate of drug-likeness (QED) is 0.251. The Morgan fingerprint density at radius 2 is 1.83 bits per heavy atom. The number of benzene rings is 3. The third-order valence-corrected chi connectivity index (χ3v) is 8.33. The van der Waals surface area contributed by atoms with Crippen molar-refractivity contribution in [2.24, 2.45) is 12.1 Å². The minimum Gasteiger partial charge on any atom is -0.497 e. The van der Waals surface area contributed by atoms with Crippen LogP contribution in [0.1, 0.15) is 45.3 Å². The van der Waals surface area contributed by atoms with E-state index in [1.54, 1.807) is 41.0 Å². The molecule has 1 atom stereocenters. The second kappa shape index (κ2) is 12.7. The summed E-state index contributed by atoms with van der Waals surface area (Å²) in [5.74, 6) is 0.957. The molecule has 9 nitrogen and oxygen atoms in total. The van der Waals surface area contributed by atoms with Gasteiger partial charge >= 0.3 is 0 Å². The summed E-state index contributed by atoms with van der Waals surface area (Å²) in [4.78, 5) is 26.1. The zero-order valence-electron chi connectivity index (χ0n) is 22.9. The van der Waals surface area contributed by atoms with Gasteiger partial charge in [0.05, 0.1) is 31.2 Å². The normalized spacial score (nSPS) is 14.6. The number of nitrogens with one attached hydrogen (secondary N) is 1. The highest BCUT2D eigenvalue weighted by Crippen LogP contribution is 2.34. The number of rotatable bonds is 9. The van der Waals surface area contributed by atoms with Crippen LogP contribution in [0.3, 0.4) is 0 Å². The highest BCUT2D eigenvalue weighted by atomic mass is 79.9. The molecule has 3 aromatic carbocycles. The summed E-state index contributed by atoms with van der Waals surface area (Å²) >= 11 is 4.77. The van der Waals surface area contributed by atoms with Crippen molar-refractivity contribution in [2.75, 3.05) is 12.9 Å². The van der Waals surface area contributed by atoms with Crippen molar-refractivity contribution in [3.63, 3.8) is 0 Å². The summed E-state index contributed by atoms with van der Waals surface area (Å²) in [6.45, 7) is 2.23. The molecule has 0 radical (unpaired) electrons. The van der Waals surface area contributed by atoms with Crippen LogP contribution in [0.2, 0.25) is 0 Å². The fourth-order valence-electron chi connectivity index (χ4n) is 4.45. The molecule has 11 heteroatoms. The molecule has 0 saturated heterocycles. The number of aryl methyl sites for hydroxylation is 1. The number of amides is 2. The van der Waals surface area contributed by atoms with Gasteiger partial charge in [-0.1, -0.05) is 75.7 Å². The number of carbonyl (C=O) groups excluding carboxylic acids is 2. The third kappa shape index (κ3) is 6.68. The molecule has 5 rings (SSSR count). The number of aromatic nitrogens is 3. The molecule has 41 heavy (non-hydrogen) atoms. The van der Waals surface area contributed by atoms with Crippen molar-refractivity contribution in [2.45, 2.75) is 31.1 Å². The summed E-state index contributed by atoms with van der Waals surface area (Å²) in [6.07, 6.45) is 0.627. The van der Waals surface area contributed by atoms with Gasteiger partial charge in [0.25, 0.3) is 11.8 Å². The van der Waals surface area contributed by atoms with Gasteiger partial charge in [0.15, 0.2) is 11.0 Å². The number of halogens is 1. The van der Waals surface area contributed by atoms with Crippen LogP contribution in [-0.2, 0) is 18.4 Å². The SMILES string of the molecule is COc1cccc(C(=O)NCc2nnc(SCC(=O)N3N=C(c4ccc(Br)cc4)C[C@H]3c3ccc(C)cc3)n2C)c1. The number of carbonyl (C=O) groups is 2. The maximum absolute atomic E-state index is 13.5. The highest BCUT2D eigenvalue weighted by Gasteiger charge is 2.33. The van der Waals surface area contributed by atoms with Crippen LogP contribution in [0.25, 0.3) is 0 Å². The Morgan fingerprint density at radius 1 is 1.07 bits per heavy atom. The lowest BCUT2D eigenvalue weighted by atomic mass is 9.98. The Morgan fingerprint density at radius 3 is 2.56 bits per heavy atom. The van der Waals surface area contributed by atoms with Gasteiger partial charge in [-0.3, -0.25) is 9.59 Å². The average molecular weight is 634 g/mol. The van der Waals surface area contributed by atoms with Crippen LogP contribution in [0.15, 0.2) is 87.5 Å². The second-order valence-corrected chi connectivity index (χ2v) is 11.4. The number of hydrogen-bond acceptors (Lipinski definition) is 7. The third-order valence-electron chi connectivity index (χ3n) is 6.79. The molecule has 0 bridgehead atoms. The van der Waals surface area contributed by atoms with E-state index in [2.05, 4.69) is 55.7 Å². The van der Waals surface area contributed by atoms with Crippen LogP contribution in [0.4, 0.5) is 0 Å². The van der Waals surface area contributed by atoms with Crippen LogP contribution in [-0.4, -0.2) is 50.2 Å². The van der Waals surface area contributed by atoms with E-state index in [4.69, 9.17) is 9.84 Å². The molecule has 1 N–H and O–H groups in total. The smallest absolute Gasteiger partial charge is 0.253 e. The molecule has 1 aromatic heterocycles. The average Bonchev–Trinajstić information content (AvgIpc) is 3.59. The van der Waals surface area contributed by atoms with Crippen LogP contribution >= 0.6 is 27.7 Å². The molecular formula is C30H29BrN6O3S. The minimum absolute atomic E-state index is 0.122. The first kappa shape index (κ1) is 28.6. The second-order valence-electron chi connectivity index (χ2n) is 9.58. The van der Waals surface area contributed by atoms with Gasteiger partial charge in [-0.2, -0.15) is 5.10 Å². The molecule has 1 aliphatic heterocycles. The van der Waals surface area contributed by atoms with Crippen molar-refractivity contribution >= 4 is 45.2 Å². The monoisotopic (exact) mass is 632 g/mol. The molecule has 0 spiro atoms. The lowest BCUT2D eigenvalue weighted by molar-refractivity contribution is -0.130. The zero-order valence-corrected chi connectivity index (χ0v) is 25.3. The molecule has 2 amide bonds. The Labute approximate surface area is 251 Å². The number of ether oxygens (including phenoxy) is 1. The first-order valence-electron chi connectivity index (χ1n) is 13.0. The number of hydrogen-bond donors (Lipinski definition) is 1. The van der Waals surface area contributed by atoms with E-state index >= 15 is 0 Å². The van der Waals surface area contributed by atoms with Crippen molar-refractivity contribution in [3.8, 4) is 5.75 Å². The van der Waals surface area contributed by atoms with Crippen molar-refractivity contribution in [1.29, 1.82) is 0 Å². The molecule has 4 aromatic rings. The Balaban J connectivity index is 1.26. The van der Waals surface area contributed by atoms with Crippen LogP contribution in [0.5, 0.6) is 5.75 Å². The number of methoxy groups -OCH3 is 1. The largest absolute Gasteiger partial charge is 0.497 e. The summed E-state index contributed by atoms with van der Waals surface area (Å²) in [5.41, 5.74) is 4.55. The van der Waals surface area contributed by atoms with E-state index in [0.717, 1.165) is 26.9 Å². The first-order valence-corrected chi connectivity index (χ1v) is 14.8. The highest BCUT2D eigenvalue weighted by molar-refractivity contribution is 9.10. The fourth-order valence-corrected chi connectivity index (χ4v) is 5.49. The van der Waals surface area contributed by atoms with E-state index in [9.17, 15) is 9.59 Å². The summed E-state index contributed by atoms with van der Waals surface area (Å²) in [5, 5.41) is 18.3. The molecule has 0 aliphatic carbocycles. The number of thioether (sulfide) groups is 1. The fraction of sp³-hybridized carbons (Fsp3) is 0.233. The number of hydrazone groups is 1. The Hall–Kier alpha value is -3.96. The topological polar surface area (TPSA) is 102 Å². The predicted octanol–water partition coefficient (Wildman–Crippen LogP) is 5.29. The van der Waals surface area contributed by atoms with Gasteiger partial charge in [-0.05, 0) is 48.4 Å². The van der Waals surface area contributed by atoms with Gasteiger partial charge in [-0.15, -0.1) is 10.2 Å². The maximum atomic E-state index is 13.5. The summed E-state index contributed by atoms with van der Waals surface area (Å²) < 4.78 is 7.96. The molecule has 0 unspecified atom stereocenters. The van der Waals surface area contributed by atoms with Crippen LogP contribution in [0, 0.1) is 6.92 Å². The van der Waals surface area contributed by atoms with E-state index < -0.39 is 0 Å². The maximum Gasteiger partial charge on any atom is 0.253 e. The molecule has 0 fully saturated rings. The lowest BCUT2D eigenvalue weighted by Crippen LogP contribution is -2.28. The predicted molar refractivity (Wildman–Crippen MR) is 162 cm³/mol. The van der Waals surface area contributed by atoms with Crippen molar-refractivity contribution < 1.29 is 14.3 Å². The molecule has 0 saturated carbocycles. The number of nitrogens with zero attached hydrogens (tertiary/aromatic N) is 5. The van der Waals surface area contributed by atoms with Crippen LogP contribution < -0.4 is 10.1 Å². The lowest BCUT2D eigenvalue weighted by Gasteiger charge is -2.22. The standard InChI is InChI=1S/C30H29BrN6O3S/c1-19-7-9-21(10-8-19)26-16-25(20-11-13-23(31)14-12-20)35-37(26)28(38)18-41-30-34-33-27(36(30)2)17-32-29(39)22-5-4-6-24(15-22)40-3/h4-15,26H,16-18H2,1-3H3,(H,32,39)/t26-/m0/s1. The molecular weight excluding hydrogens is 604 g/mol. The minimum atomic E-state index is -0.244. The van der Waals surface area contributed by atoms with E-state index in [1.807, 2.05) is 38.2 Å². The van der Waals surface area contributed by atoms with Crippen molar-refractivity contribution in [1.82, 2.24) is 25.1 Å². The van der Waals surface area contributed by atoms with Gasteiger partial charge in [0, 0.05) is 23.5 Å². The van der Waals surface area contributed by atoms with Gasteiger partial charge in [-0.25, -0.2) is 5.01 Å². The van der Waals surface area contributed by atoms with E-state index in [-0.39, 0.29) is 30.2 Å². The Bertz CT molecular complexity index is 1590. The van der Waals surface area contributed by atoms with E-state index in [1.165, 1.54) is 11.8 Å². The Kier molecular flexibility index (Phi) is 8.84. The van der Waals surface area contributed by atoms with Gasteiger partial charge in [0.2, 0.25) is 0 Å². The summed E-state index contributed by atoms with van der Waals surface area (Å²) in [6, 6.07) is 22.9. The van der Waals surface area contributed by atoms with Gasteiger partial charge in [0.1, 0.15) is 5.75 Å². The van der Waals surface area contributed by atoms with Crippen molar-refractivity contribution in [3.05, 3.63) is 105 Å². The molecule has 2 heterocycles. The first-order chi connectivity index (χ1) is 19.8. The zero-order chi connectivity index (χ0) is 28.9.